The van der Waals surface area contributed by atoms with E-state index < -0.39 is 29.3 Å². The molecule has 1 aromatic carbocycles. The highest BCUT2D eigenvalue weighted by molar-refractivity contribution is 5.39. The van der Waals surface area contributed by atoms with Gasteiger partial charge in [-0.3, -0.25) is 0 Å². The molecule has 0 radical (unpaired) electrons. The van der Waals surface area contributed by atoms with Crippen LogP contribution in [0.2, 0.25) is 0 Å². The molecule has 1 aromatic heterocycles. The molecule has 0 saturated carbocycles. The summed E-state index contributed by atoms with van der Waals surface area (Å²) in [6.45, 7) is 5.80. The van der Waals surface area contributed by atoms with Gasteiger partial charge in [0.25, 0.3) is 11.9 Å². The number of aryl methyl sites for hydroxylation is 1. The van der Waals surface area contributed by atoms with Crippen LogP contribution in [0.15, 0.2) is 18.2 Å². The standard InChI is InChI=1S/C15H13F4NO/c1-7(2)10-5-4-9(6-8(10)3)21-13-11(16)14(18)20-15(19)12(13)17/h4-7H,1-3H3. The third-order valence-electron chi connectivity index (χ3n) is 3.04. The predicted molar refractivity (Wildman–Crippen MR) is 69.4 cm³/mol. The number of halogens is 4. The summed E-state index contributed by atoms with van der Waals surface area (Å²) in [4.78, 5) is 2.47. The number of ether oxygens (including phenoxy) is 1. The second-order valence-electron chi connectivity index (χ2n) is 4.93. The van der Waals surface area contributed by atoms with Crippen LogP contribution in [0.1, 0.15) is 30.9 Å². The summed E-state index contributed by atoms with van der Waals surface area (Å²) in [5, 5.41) is 0. The normalized spacial score (nSPS) is 11.0. The van der Waals surface area contributed by atoms with E-state index >= 15 is 0 Å². The topological polar surface area (TPSA) is 22.1 Å². The molecule has 0 atom stereocenters. The van der Waals surface area contributed by atoms with Crippen LogP contribution in [0, 0.1) is 30.5 Å². The van der Waals surface area contributed by atoms with Gasteiger partial charge in [0, 0.05) is 0 Å². The summed E-state index contributed by atoms with van der Waals surface area (Å²) < 4.78 is 57.9. The van der Waals surface area contributed by atoms with E-state index in [0.717, 1.165) is 11.1 Å². The fourth-order valence-electron chi connectivity index (χ4n) is 2.03. The highest BCUT2D eigenvalue weighted by atomic mass is 19.2. The molecule has 0 aliphatic carbocycles. The molecule has 0 bridgehead atoms. The first-order valence-electron chi connectivity index (χ1n) is 6.29. The monoisotopic (exact) mass is 299 g/mol. The molecule has 2 rings (SSSR count). The summed E-state index contributed by atoms with van der Waals surface area (Å²) in [6, 6.07) is 4.76. The van der Waals surface area contributed by atoms with E-state index in [1.54, 1.807) is 12.1 Å². The molecule has 1 heterocycles. The van der Waals surface area contributed by atoms with Gasteiger partial charge in [-0.25, -0.2) is 0 Å². The van der Waals surface area contributed by atoms with Gasteiger partial charge in [0.15, 0.2) is 0 Å². The first-order valence-corrected chi connectivity index (χ1v) is 6.29. The number of pyridine rings is 1. The maximum absolute atomic E-state index is 13.5. The van der Waals surface area contributed by atoms with Crippen LogP contribution in [-0.4, -0.2) is 4.98 Å². The average Bonchev–Trinajstić information content (AvgIpc) is 2.41. The Morgan fingerprint density at radius 3 is 2.05 bits per heavy atom. The summed E-state index contributed by atoms with van der Waals surface area (Å²) >= 11 is 0. The Hall–Kier alpha value is -2.11. The Bertz CT molecular complexity index is 660. The minimum atomic E-state index is -1.75. The molecule has 0 saturated heterocycles. The highest BCUT2D eigenvalue weighted by Crippen LogP contribution is 2.31. The maximum Gasteiger partial charge on any atom is 0.255 e. The lowest BCUT2D eigenvalue weighted by Gasteiger charge is -2.13. The number of rotatable bonds is 3. The minimum absolute atomic E-state index is 0.0831. The smallest absolute Gasteiger partial charge is 0.255 e. The molecule has 0 spiro atoms. The molecule has 112 valence electrons. The van der Waals surface area contributed by atoms with Gasteiger partial charge in [0.05, 0.1) is 0 Å². The van der Waals surface area contributed by atoms with Gasteiger partial charge in [-0.15, -0.1) is 0 Å². The van der Waals surface area contributed by atoms with Crippen LogP contribution in [0.4, 0.5) is 17.6 Å². The van der Waals surface area contributed by atoms with E-state index in [4.69, 9.17) is 4.74 Å². The van der Waals surface area contributed by atoms with Crippen molar-refractivity contribution in [3.05, 3.63) is 52.9 Å². The third-order valence-corrected chi connectivity index (χ3v) is 3.04. The van der Waals surface area contributed by atoms with Gasteiger partial charge in [-0.05, 0) is 36.1 Å². The first kappa shape index (κ1) is 15.3. The van der Waals surface area contributed by atoms with Crippen LogP contribution in [0.3, 0.4) is 0 Å². The fraction of sp³-hybridized carbons (Fsp3) is 0.267. The minimum Gasteiger partial charge on any atom is -0.451 e. The van der Waals surface area contributed by atoms with Gasteiger partial charge >= 0.3 is 0 Å². The SMILES string of the molecule is Cc1cc(Oc2c(F)c(F)nc(F)c2F)ccc1C(C)C. The van der Waals surface area contributed by atoms with Gasteiger partial charge < -0.3 is 4.74 Å². The Morgan fingerprint density at radius 2 is 1.57 bits per heavy atom. The maximum atomic E-state index is 13.5. The summed E-state index contributed by atoms with van der Waals surface area (Å²) in [5.74, 6) is -7.63. The molecule has 21 heavy (non-hydrogen) atoms. The van der Waals surface area contributed by atoms with Crippen LogP contribution < -0.4 is 4.74 Å². The second kappa shape index (κ2) is 5.71. The van der Waals surface area contributed by atoms with Crippen LogP contribution in [0.5, 0.6) is 11.5 Å². The second-order valence-corrected chi connectivity index (χ2v) is 4.93. The number of nitrogens with zero attached hydrogens (tertiary/aromatic N) is 1. The van der Waals surface area contributed by atoms with Crippen molar-refractivity contribution in [1.82, 2.24) is 4.98 Å². The zero-order valence-corrected chi connectivity index (χ0v) is 11.7. The van der Waals surface area contributed by atoms with Gasteiger partial charge in [0.1, 0.15) is 5.75 Å². The number of hydrogen-bond acceptors (Lipinski definition) is 2. The Balaban J connectivity index is 2.42. The van der Waals surface area contributed by atoms with E-state index in [2.05, 4.69) is 4.98 Å². The molecule has 0 fully saturated rings. The van der Waals surface area contributed by atoms with Crippen molar-refractivity contribution < 1.29 is 22.3 Å². The lowest BCUT2D eigenvalue weighted by molar-refractivity contribution is 0.343. The molecule has 6 heteroatoms. The van der Waals surface area contributed by atoms with E-state index in [1.165, 1.54) is 6.07 Å². The van der Waals surface area contributed by atoms with Gasteiger partial charge in [-0.2, -0.15) is 22.5 Å². The van der Waals surface area contributed by atoms with E-state index in [0.29, 0.717) is 0 Å². The van der Waals surface area contributed by atoms with Crippen molar-refractivity contribution in [3.8, 4) is 11.5 Å². The van der Waals surface area contributed by atoms with Gasteiger partial charge in [0.2, 0.25) is 17.4 Å². The highest BCUT2D eigenvalue weighted by Gasteiger charge is 2.23. The molecular formula is C15H13F4NO. The molecule has 0 aliphatic rings. The zero-order valence-electron chi connectivity index (χ0n) is 11.7. The molecule has 0 unspecified atom stereocenters. The van der Waals surface area contributed by atoms with Crippen LogP contribution in [-0.2, 0) is 0 Å². The van der Waals surface area contributed by atoms with Crippen molar-refractivity contribution in [2.24, 2.45) is 0 Å². The molecule has 2 nitrogen and oxygen atoms in total. The van der Waals surface area contributed by atoms with Crippen LogP contribution in [0.25, 0.3) is 0 Å². The van der Waals surface area contributed by atoms with E-state index in [1.807, 2.05) is 20.8 Å². The Labute approximate surface area is 119 Å². The molecular weight excluding hydrogens is 286 g/mol. The quantitative estimate of drug-likeness (QED) is 0.596. The van der Waals surface area contributed by atoms with Crippen molar-refractivity contribution in [3.63, 3.8) is 0 Å². The van der Waals surface area contributed by atoms with Crippen molar-refractivity contribution >= 4 is 0 Å². The van der Waals surface area contributed by atoms with E-state index in [9.17, 15) is 17.6 Å². The van der Waals surface area contributed by atoms with E-state index in [-0.39, 0.29) is 11.7 Å². The molecule has 0 N–H and O–H groups in total. The number of hydrogen-bond donors (Lipinski definition) is 0. The summed E-state index contributed by atoms with van der Waals surface area (Å²) in [7, 11) is 0. The summed E-state index contributed by atoms with van der Waals surface area (Å²) in [6.07, 6.45) is 0. The number of benzene rings is 1. The largest absolute Gasteiger partial charge is 0.451 e. The first-order chi connectivity index (χ1) is 9.81. The van der Waals surface area contributed by atoms with Gasteiger partial charge in [-0.1, -0.05) is 19.9 Å². The summed E-state index contributed by atoms with van der Waals surface area (Å²) in [5.41, 5.74) is 1.88. The lowest BCUT2D eigenvalue weighted by atomic mass is 9.98. The lowest BCUT2D eigenvalue weighted by Crippen LogP contribution is -2.03. The van der Waals surface area contributed by atoms with Crippen LogP contribution >= 0.6 is 0 Å². The molecule has 0 aliphatic heterocycles. The zero-order chi connectivity index (χ0) is 15.7. The average molecular weight is 299 g/mol. The molecule has 2 aromatic rings. The fourth-order valence-corrected chi connectivity index (χ4v) is 2.03. The third kappa shape index (κ3) is 2.99. The van der Waals surface area contributed by atoms with Crippen molar-refractivity contribution in [2.45, 2.75) is 26.7 Å². The van der Waals surface area contributed by atoms with Crippen molar-refractivity contribution in [1.29, 1.82) is 0 Å². The molecule has 0 amide bonds. The van der Waals surface area contributed by atoms with Crippen molar-refractivity contribution in [2.75, 3.05) is 0 Å². The number of aromatic nitrogens is 1. The Kier molecular flexibility index (Phi) is 4.16. The predicted octanol–water partition coefficient (Wildman–Crippen LogP) is 4.86. The Morgan fingerprint density at radius 1 is 1.00 bits per heavy atom.